The van der Waals surface area contributed by atoms with Gasteiger partial charge >= 0.3 is 5.97 Å². The SMILES string of the molecule is CCCN(c1cnc(C(=O)O)cn1)C1CC1. The Morgan fingerprint density at radius 2 is 2.25 bits per heavy atom. The van der Waals surface area contributed by atoms with Crippen LogP contribution in [0.1, 0.15) is 36.7 Å². The van der Waals surface area contributed by atoms with Crippen LogP contribution in [0.25, 0.3) is 0 Å². The summed E-state index contributed by atoms with van der Waals surface area (Å²) in [5.41, 5.74) is -0.00371. The summed E-state index contributed by atoms with van der Waals surface area (Å²) in [6.07, 6.45) is 6.32. The Labute approximate surface area is 94.1 Å². The summed E-state index contributed by atoms with van der Waals surface area (Å²) in [4.78, 5) is 20.9. The average molecular weight is 221 g/mol. The molecule has 0 aliphatic heterocycles. The number of carboxylic acid groups (broad SMARTS) is 1. The van der Waals surface area contributed by atoms with Crippen LogP contribution in [0.15, 0.2) is 12.4 Å². The highest BCUT2D eigenvalue weighted by atomic mass is 16.4. The molecule has 1 aliphatic rings. The molecule has 0 saturated heterocycles. The molecule has 1 aromatic rings. The van der Waals surface area contributed by atoms with Gasteiger partial charge in [-0.15, -0.1) is 0 Å². The number of anilines is 1. The van der Waals surface area contributed by atoms with Crippen molar-refractivity contribution in [3.8, 4) is 0 Å². The van der Waals surface area contributed by atoms with Crippen LogP contribution < -0.4 is 4.90 Å². The highest BCUT2D eigenvalue weighted by Gasteiger charge is 2.29. The van der Waals surface area contributed by atoms with Gasteiger partial charge in [-0.05, 0) is 19.3 Å². The molecule has 1 N–H and O–H groups in total. The molecule has 1 aliphatic carbocycles. The third-order valence-corrected chi connectivity index (χ3v) is 2.60. The summed E-state index contributed by atoms with van der Waals surface area (Å²) in [6.45, 7) is 3.07. The van der Waals surface area contributed by atoms with E-state index in [0.29, 0.717) is 6.04 Å². The zero-order valence-corrected chi connectivity index (χ0v) is 9.26. The zero-order valence-electron chi connectivity index (χ0n) is 9.26. The summed E-state index contributed by atoms with van der Waals surface area (Å²) < 4.78 is 0. The smallest absolute Gasteiger partial charge is 0.356 e. The lowest BCUT2D eigenvalue weighted by Gasteiger charge is -2.22. The molecule has 0 unspecified atom stereocenters. The van der Waals surface area contributed by atoms with Crippen LogP contribution in [0, 0.1) is 0 Å². The minimum absolute atomic E-state index is 0.00371. The van der Waals surface area contributed by atoms with Gasteiger partial charge in [0.25, 0.3) is 0 Å². The second-order valence-corrected chi connectivity index (χ2v) is 3.99. The number of hydrogen-bond acceptors (Lipinski definition) is 4. The van der Waals surface area contributed by atoms with E-state index in [1.807, 2.05) is 0 Å². The molecule has 0 amide bonds. The molecule has 1 fully saturated rings. The van der Waals surface area contributed by atoms with Crippen molar-refractivity contribution in [2.45, 2.75) is 32.2 Å². The molecule has 5 nitrogen and oxygen atoms in total. The van der Waals surface area contributed by atoms with Crippen molar-refractivity contribution in [3.05, 3.63) is 18.1 Å². The quantitative estimate of drug-likeness (QED) is 0.817. The van der Waals surface area contributed by atoms with E-state index >= 15 is 0 Å². The number of carboxylic acids is 1. The fourth-order valence-electron chi connectivity index (χ4n) is 1.69. The Morgan fingerprint density at radius 3 is 2.69 bits per heavy atom. The van der Waals surface area contributed by atoms with Gasteiger partial charge in [-0.3, -0.25) is 0 Å². The molecule has 0 spiro atoms. The first kappa shape index (κ1) is 10.9. The third-order valence-electron chi connectivity index (χ3n) is 2.60. The first-order valence-electron chi connectivity index (χ1n) is 5.54. The van der Waals surface area contributed by atoms with Crippen molar-refractivity contribution in [2.24, 2.45) is 0 Å². The second-order valence-electron chi connectivity index (χ2n) is 3.99. The number of hydrogen-bond donors (Lipinski definition) is 1. The van der Waals surface area contributed by atoms with Crippen molar-refractivity contribution in [3.63, 3.8) is 0 Å². The summed E-state index contributed by atoms with van der Waals surface area (Å²) in [7, 11) is 0. The topological polar surface area (TPSA) is 66.3 Å². The van der Waals surface area contributed by atoms with Crippen LogP contribution >= 0.6 is 0 Å². The van der Waals surface area contributed by atoms with E-state index in [0.717, 1.165) is 18.8 Å². The van der Waals surface area contributed by atoms with E-state index in [4.69, 9.17) is 5.11 Å². The number of carbonyl (C=O) groups is 1. The number of aromatic carboxylic acids is 1. The van der Waals surface area contributed by atoms with Gasteiger partial charge in [-0.25, -0.2) is 14.8 Å². The standard InChI is InChI=1S/C11H15N3O2/c1-2-5-14(8-3-4-8)10-7-12-9(6-13-10)11(15)16/h6-8H,2-5H2,1H3,(H,15,16). The molecule has 0 radical (unpaired) electrons. The van der Waals surface area contributed by atoms with Crippen LogP contribution in [0.3, 0.4) is 0 Å². The molecule has 1 saturated carbocycles. The summed E-state index contributed by atoms with van der Waals surface area (Å²) in [6, 6.07) is 0.574. The number of nitrogens with zero attached hydrogens (tertiary/aromatic N) is 3. The van der Waals surface area contributed by atoms with Crippen molar-refractivity contribution in [1.29, 1.82) is 0 Å². The van der Waals surface area contributed by atoms with Crippen LogP contribution in [-0.2, 0) is 0 Å². The van der Waals surface area contributed by atoms with Gasteiger partial charge < -0.3 is 10.0 Å². The fraction of sp³-hybridized carbons (Fsp3) is 0.545. The maximum absolute atomic E-state index is 10.6. The van der Waals surface area contributed by atoms with E-state index in [2.05, 4.69) is 21.8 Å². The molecule has 0 atom stereocenters. The van der Waals surface area contributed by atoms with E-state index in [9.17, 15) is 4.79 Å². The van der Waals surface area contributed by atoms with Gasteiger partial charge in [0.2, 0.25) is 0 Å². The van der Waals surface area contributed by atoms with Gasteiger partial charge in [-0.2, -0.15) is 0 Å². The number of rotatable bonds is 5. The summed E-state index contributed by atoms with van der Waals surface area (Å²) >= 11 is 0. The second kappa shape index (κ2) is 4.47. The van der Waals surface area contributed by atoms with Gasteiger partial charge in [0.1, 0.15) is 5.82 Å². The molecule has 2 rings (SSSR count). The Kier molecular flexibility index (Phi) is 3.03. The minimum atomic E-state index is -1.03. The predicted octanol–water partition coefficient (Wildman–Crippen LogP) is 1.55. The molecule has 1 aromatic heterocycles. The predicted molar refractivity (Wildman–Crippen MR) is 59.7 cm³/mol. The average Bonchev–Trinajstić information content (AvgIpc) is 3.10. The molecule has 16 heavy (non-hydrogen) atoms. The first-order valence-corrected chi connectivity index (χ1v) is 5.54. The molecule has 5 heteroatoms. The van der Waals surface area contributed by atoms with Crippen LogP contribution in [-0.4, -0.2) is 33.6 Å². The lowest BCUT2D eigenvalue weighted by Crippen LogP contribution is -2.27. The van der Waals surface area contributed by atoms with Gasteiger partial charge in [-0.1, -0.05) is 6.92 Å². The Hall–Kier alpha value is -1.65. The maximum Gasteiger partial charge on any atom is 0.356 e. The lowest BCUT2D eigenvalue weighted by molar-refractivity contribution is 0.0690. The van der Waals surface area contributed by atoms with Crippen LogP contribution in [0.5, 0.6) is 0 Å². The highest BCUT2D eigenvalue weighted by molar-refractivity contribution is 5.84. The van der Waals surface area contributed by atoms with E-state index in [-0.39, 0.29) is 5.69 Å². The Morgan fingerprint density at radius 1 is 1.50 bits per heavy atom. The number of aromatic nitrogens is 2. The monoisotopic (exact) mass is 221 g/mol. The van der Waals surface area contributed by atoms with Gasteiger partial charge in [0.15, 0.2) is 5.69 Å². The van der Waals surface area contributed by atoms with E-state index < -0.39 is 5.97 Å². The van der Waals surface area contributed by atoms with Crippen molar-refractivity contribution < 1.29 is 9.90 Å². The molecular weight excluding hydrogens is 206 g/mol. The van der Waals surface area contributed by atoms with Gasteiger partial charge in [0, 0.05) is 12.6 Å². The minimum Gasteiger partial charge on any atom is -0.476 e. The molecule has 1 heterocycles. The zero-order chi connectivity index (χ0) is 11.5. The van der Waals surface area contributed by atoms with E-state index in [1.165, 1.54) is 19.0 Å². The Balaban J connectivity index is 2.14. The first-order chi connectivity index (χ1) is 7.72. The third kappa shape index (κ3) is 2.29. The lowest BCUT2D eigenvalue weighted by atomic mass is 10.4. The maximum atomic E-state index is 10.6. The normalized spacial score (nSPS) is 14.8. The largest absolute Gasteiger partial charge is 0.476 e. The molecule has 0 bridgehead atoms. The highest BCUT2D eigenvalue weighted by Crippen LogP contribution is 2.30. The van der Waals surface area contributed by atoms with Crippen molar-refractivity contribution >= 4 is 11.8 Å². The van der Waals surface area contributed by atoms with Crippen molar-refractivity contribution in [1.82, 2.24) is 9.97 Å². The van der Waals surface area contributed by atoms with Gasteiger partial charge in [0.05, 0.1) is 12.4 Å². The van der Waals surface area contributed by atoms with Crippen LogP contribution in [0.2, 0.25) is 0 Å². The van der Waals surface area contributed by atoms with E-state index in [1.54, 1.807) is 6.20 Å². The summed E-state index contributed by atoms with van der Waals surface area (Å²) in [5.74, 6) is -0.248. The summed E-state index contributed by atoms with van der Waals surface area (Å²) in [5, 5.41) is 8.72. The molecule has 0 aromatic carbocycles. The Bertz CT molecular complexity index is 373. The fourth-order valence-corrected chi connectivity index (χ4v) is 1.69. The van der Waals surface area contributed by atoms with Crippen LogP contribution in [0.4, 0.5) is 5.82 Å². The molecule has 86 valence electrons. The molecular formula is C11H15N3O2. The van der Waals surface area contributed by atoms with Crippen molar-refractivity contribution in [2.75, 3.05) is 11.4 Å².